The number of anilines is 1. The van der Waals surface area contributed by atoms with Gasteiger partial charge in [-0.1, -0.05) is 18.2 Å². The minimum atomic E-state index is -0.690. The van der Waals surface area contributed by atoms with E-state index in [-0.39, 0.29) is 6.42 Å². The van der Waals surface area contributed by atoms with Gasteiger partial charge >= 0.3 is 11.9 Å². The van der Waals surface area contributed by atoms with Crippen LogP contribution in [0.15, 0.2) is 30.3 Å². The number of nitrogens with one attached hydrogen (secondary N) is 2. The Hall–Kier alpha value is -2.08. The van der Waals surface area contributed by atoms with Crippen molar-refractivity contribution >= 4 is 17.6 Å². The summed E-state index contributed by atoms with van der Waals surface area (Å²) in [5.41, 5.74) is 0.997. The third kappa shape index (κ3) is 5.71. The van der Waals surface area contributed by atoms with Crippen molar-refractivity contribution < 1.29 is 19.1 Å². The number of carbonyl (C=O) groups is 2. The lowest BCUT2D eigenvalue weighted by Gasteiger charge is -2.15. The summed E-state index contributed by atoms with van der Waals surface area (Å²) in [6.07, 6.45) is -0.0471. The third-order valence-electron chi connectivity index (χ3n) is 2.70. The van der Waals surface area contributed by atoms with Crippen molar-refractivity contribution in [2.45, 2.75) is 12.5 Å². The van der Waals surface area contributed by atoms with Crippen molar-refractivity contribution in [1.29, 1.82) is 0 Å². The van der Waals surface area contributed by atoms with Crippen molar-refractivity contribution in [2.24, 2.45) is 0 Å². The quantitative estimate of drug-likeness (QED) is 0.541. The lowest BCUT2D eigenvalue weighted by molar-refractivity contribution is -0.149. The van der Waals surface area contributed by atoms with Crippen LogP contribution >= 0.6 is 0 Å². The number of carbonyl (C=O) groups excluding carboxylic acids is 2. The summed E-state index contributed by atoms with van der Waals surface area (Å²) < 4.78 is 9.19. The maximum atomic E-state index is 11.5. The molecule has 0 heterocycles. The van der Waals surface area contributed by atoms with Crippen LogP contribution in [-0.4, -0.2) is 45.3 Å². The summed E-state index contributed by atoms with van der Waals surface area (Å²) in [5.74, 6) is -0.931. The highest BCUT2D eigenvalue weighted by Gasteiger charge is 2.22. The van der Waals surface area contributed by atoms with Crippen LogP contribution in [0.5, 0.6) is 0 Å². The average Bonchev–Trinajstić information content (AvgIpc) is 2.50. The van der Waals surface area contributed by atoms with E-state index in [1.807, 2.05) is 30.3 Å². The fourth-order valence-electron chi connectivity index (χ4n) is 1.64. The molecule has 6 nitrogen and oxygen atoms in total. The zero-order valence-electron chi connectivity index (χ0n) is 11.7. The first-order valence-electron chi connectivity index (χ1n) is 6.34. The van der Waals surface area contributed by atoms with Crippen LogP contribution in [-0.2, 0) is 19.1 Å². The van der Waals surface area contributed by atoms with Crippen LogP contribution in [0.25, 0.3) is 0 Å². The molecule has 20 heavy (non-hydrogen) atoms. The van der Waals surface area contributed by atoms with E-state index in [4.69, 9.17) is 0 Å². The number of hydrogen-bond acceptors (Lipinski definition) is 6. The molecule has 6 heteroatoms. The largest absolute Gasteiger partial charge is 0.469 e. The second-order valence-corrected chi connectivity index (χ2v) is 4.10. The normalized spacial score (nSPS) is 11.5. The van der Waals surface area contributed by atoms with Crippen molar-refractivity contribution in [2.75, 3.05) is 32.6 Å². The average molecular weight is 280 g/mol. The SMILES string of the molecule is COC(=O)CC(NCCNc1ccccc1)C(=O)OC. The number of rotatable bonds is 8. The highest BCUT2D eigenvalue weighted by Crippen LogP contribution is 2.03. The number of esters is 2. The number of methoxy groups -OCH3 is 2. The Kier molecular flexibility index (Phi) is 7.13. The number of ether oxygens (including phenoxy) is 2. The first-order chi connectivity index (χ1) is 9.67. The zero-order chi connectivity index (χ0) is 14.8. The van der Waals surface area contributed by atoms with Gasteiger partial charge in [0.25, 0.3) is 0 Å². The Labute approximate surface area is 118 Å². The van der Waals surface area contributed by atoms with Crippen LogP contribution in [0.3, 0.4) is 0 Å². The third-order valence-corrected chi connectivity index (χ3v) is 2.70. The van der Waals surface area contributed by atoms with Crippen molar-refractivity contribution in [3.63, 3.8) is 0 Å². The maximum Gasteiger partial charge on any atom is 0.323 e. The van der Waals surface area contributed by atoms with Gasteiger partial charge in [-0.25, -0.2) is 0 Å². The predicted molar refractivity (Wildman–Crippen MR) is 75.4 cm³/mol. The summed E-state index contributed by atoms with van der Waals surface area (Å²) in [6.45, 7) is 1.14. The van der Waals surface area contributed by atoms with Crippen LogP contribution in [0, 0.1) is 0 Å². The van der Waals surface area contributed by atoms with Crippen LogP contribution in [0.4, 0.5) is 5.69 Å². The molecule has 1 aromatic carbocycles. The Morgan fingerprint density at radius 3 is 2.40 bits per heavy atom. The number of para-hydroxylation sites is 1. The van der Waals surface area contributed by atoms with E-state index in [2.05, 4.69) is 20.1 Å². The molecule has 1 aromatic rings. The molecule has 1 rings (SSSR count). The lowest BCUT2D eigenvalue weighted by Crippen LogP contribution is -2.41. The molecule has 0 aliphatic carbocycles. The lowest BCUT2D eigenvalue weighted by atomic mass is 10.2. The van der Waals surface area contributed by atoms with Crippen molar-refractivity contribution in [1.82, 2.24) is 5.32 Å². The molecule has 110 valence electrons. The van der Waals surface area contributed by atoms with E-state index in [0.717, 1.165) is 5.69 Å². The molecule has 0 spiro atoms. The highest BCUT2D eigenvalue weighted by atomic mass is 16.5. The summed E-state index contributed by atoms with van der Waals surface area (Å²) >= 11 is 0. The molecule has 0 saturated carbocycles. The van der Waals surface area contributed by atoms with Gasteiger partial charge in [-0.15, -0.1) is 0 Å². The molecule has 0 aromatic heterocycles. The highest BCUT2D eigenvalue weighted by molar-refractivity contribution is 5.82. The molecule has 0 saturated heterocycles. The van der Waals surface area contributed by atoms with E-state index in [1.54, 1.807) is 0 Å². The van der Waals surface area contributed by atoms with Gasteiger partial charge in [-0.05, 0) is 12.1 Å². The van der Waals surface area contributed by atoms with E-state index >= 15 is 0 Å². The van der Waals surface area contributed by atoms with Gasteiger partial charge in [0, 0.05) is 18.8 Å². The van der Waals surface area contributed by atoms with Crippen molar-refractivity contribution in [3.05, 3.63) is 30.3 Å². The molecular formula is C14H20N2O4. The van der Waals surface area contributed by atoms with Gasteiger partial charge in [0.1, 0.15) is 6.04 Å². The monoisotopic (exact) mass is 280 g/mol. The second kappa shape index (κ2) is 8.92. The summed E-state index contributed by atoms with van der Waals surface area (Å²) in [4.78, 5) is 22.7. The standard InChI is InChI=1S/C14H20N2O4/c1-19-13(17)10-12(14(18)20-2)16-9-8-15-11-6-4-3-5-7-11/h3-7,12,15-16H,8-10H2,1-2H3. The Morgan fingerprint density at radius 1 is 1.10 bits per heavy atom. The maximum absolute atomic E-state index is 11.5. The van der Waals surface area contributed by atoms with E-state index in [0.29, 0.717) is 13.1 Å². The van der Waals surface area contributed by atoms with E-state index < -0.39 is 18.0 Å². The molecular weight excluding hydrogens is 260 g/mol. The minimum absolute atomic E-state index is 0.0471. The molecule has 0 fully saturated rings. The minimum Gasteiger partial charge on any atom is -0.469 e. The molecule has 0 amide bonds. The van der Waals surface area contributed by atoms with Crippen LogP contribution < -0.4 is 10.6 Å². The van der Waals surface area contributed by atoms with Gasteiger partial charge in [0.2, 0.25) is 0 Å². The molecule has 0 aliphatic heterocycles. The van der Waals surface area contributed by atoms with Gasteiger partial charge in [0.15, 0.2) is 0 Å². The molecule has 2 N–H and O–H groups in total. The molecule has 1 unspecified atom stereocenters. The van der Waals surface area contributed by atoms with Gasteiger partial charge < -0.3 is 20.1 Å². The van der Waals surface area contributed by atoms with Gasteiger partial charge in [-0.2, -0.15) is 0 Å². The number of hydrogen-bond donors (Lipinski definition) is 2. The van der Waals surface area contributed by atoms with Crippen LogP contribution in [0.1, 0.15) is 6.42 Å². The van der Waals surface area contributed by atoms with E-state index in [9.17, 15) is 9.59 Å². The smallest absolute Gasteiger partial charge is 0.323 e. The fraction of sp³-hybridized carbons (Fsp3) is 0.429. The summed E-state index contributed by atoms with van der Waals surface area (Å²) in [6, 6.07) is 9.02. The first kappa shape index (κ1) is 16.0. The predicted octanol–water partition coefficient (Wildman–Crippen LogP) is 0.793. The Morgan fingerprint density at radius 2 is 1.80 bits per heavy atom. The Bertz CT molecular complexity index is 422. The molecule has 1 atom stereocenters. The van der Waals surface area contributed by atoms with Crippen molar-refractivity contribution in [3.8, 4) is 0 Å². The summed E-state index contributed by atoms with van der Waals surface area (Å²) in [5, 5.41) is 6.16. The molecule has 0 aliphatic rings. The fourth-order valence-corrected chi connectivity index (χ4v) is 1.64. The van der Waals surface area contributed by atoms with Gasteiger partial charge in [0.05, 0.1) is 20.6 Å². The summed E-state index contributed by atoms with van der Waals surface area (Å²) in [7, 11) is 2.57. The first-order valence-corrected chi connectivity index (χ1v) is 6.34. The molecule has 0 radical (unpaired) electrons. The van der Waals surface area contributed by atoms with Crippen LogP contribution in [0.2, 0.25) is 0 Å². The topological polar surface area (TPSA) is 76.7 Å². The van der Waals surface area contributed by atoms with E-state index in [1.165, 1.54) is 14.2 Å². The zero-order valence-corrected chi connectivity index (χ0v) is 11.7. The Balaban J connectivity index is 2.34. The second-order valence-electron chi connectivity index (χ2n) is 4.10. The number of benzene rings is 1. The molecule has 0 bridgehead atoms. The van der Waals surface area contributed by atoms with Gasteiger partial charge in [-0.3, -0.25) is 9.59 Å².